The van der Waals surface area contributed by atoms with E-state index in [1.165, 1.54) is 25.3 Å². The van der Waals surface area contributed by atoms with Gasteiger partial charge < -0.3 is 15.2 Å². The predicted octanol–water partition coefficient (Wildman–Crippen LogP) is 3.60. The lowest BCUT2D eigenvalue weighted by Crippen LogP contribution is -2.13. The number of phenols is 1. The number of anilines is 1. The van der Waals surface area contributed by atoms with Crippen molar-refractivity contribution in [1.29, 1.82) is 5.26 Å². The normalized spacial score (nSPS) is 10.7. The van der Waals surface area contributed by atoms with E-state index in [1.807, 2.05) is 6.07 Å². The Bertz CT molecular complexity index is 810. The maximum absolute atomic E-state index is 12.2. The SMILES string of the molecule is COc1cc(/C=C(\C#N)C(=O)Nc2cccc(Cl)c2)ccc1O. The summed E-state index contributed by atoms with van der Waals surface area (Å²) in [4.78, 5) is 12.2. The monoisotopic (exact) mass is 328 g/mol. The first-order chi connectivity index (χ1) is 11.0. The maximum Gasteiger partial charge on any atom is 0.266 e. The Hall–Kier alpha value is -2.97. The number of halogens is 1. The van der Waals surface area contributed by atoms with Gasteiger partial charge in [0.15, 0.2) is 11.5 Å². The fraction of sp³-hybridized carbons (Fsp3) is 0.0588. The van der Waals surface area contributed by atoms with Gasteiger partial charge in [-0.25, -0.2) is 0 Å². The molecule has 1 amide bonds. The number of benzene rings is 2. The molecule has 2 aromatic rings. The Balaban J connectivity index is 2.25. The van der Waals surface area contributed by atoms with Crippen molar-refractivity contribution in [3.63, 3.8) is 0 Å². The number of nitrogens with one attached hydrogen (secondary N) is 1. The molecule has 5 nitrogen and oxygen atoms in total. The number of ether oxygens (including phenoxy) is 1. The van der Waals surface area contributed by atoms with Crippen LogP contribution in [-0.2, 0) is 4.79 Å². The lowest BCUT2D eigenvalue weighted by atomic mass is 10.1. The van der Waals surface area contributed by atoms with E-state index in [0.29, 0.717) is 16.3 Å². The number of amides is 1. The Morgan fingerprint density at radius 1 is 1.35 bits per heavy atom. The summed E-state index contributed by atoms with van der Waals surface area (Å²) >= 11 is 5.85. The number of hydrogen-bond acceptors (Lipinski definition) is 4. The van der Waals surface area contributed by atoms with Crippen molar-refractivity contribution >= 4 is 29.3 Å². The second-order valence-corrected chi connectivity index (χ2v) is 5.00. The first kappa shape index (κ1) is 16.4. The molecule has 0 radical (unpaired) electrons. The largest absolute Gasteiger partial charge is 0.504 e. The lowest BCUT2D eigenvalue weighted by molar-refractivity contribution is -0.112. The van der Waals surface area contributed by atoms with Gasteiger partial charge in [-0.1, -0.05) is 23.7 Å². The van der Waals surface area contributed by atoms with Crippen molar-refractivity contribution in [3.8, 4) is 17.6 Å². The summed E-state index contributed by atoms with van der Waals surface area (Å²) in [7, 11) is 1.42. The number of hydrogen-bond donors (Lipinski definition) is 2. The van der Waals surface area contributed by atoms with Crippen LogP contribution in [0.3, 0.4) is 0 Å². The molecule has 0 unspecified atom stereocenters. The summed E-state index contributed by atoms with van der Waals surface area (Å²) in [5.74, 6) is -0.320. The van der Waals surface area contributed by atoms with Gasteiger partial charge in [0.25, 0.3) is 5.91 Å². The Morgan fingerprint density at radius 2 is 2.13 bits per heavy atom. The molecule has 0 bridgehead atoms. The Morgan fingerprint density at radius 3 is 2.78 bits per heavy atom. The molecule has 2 rings (SSSR count). The van der Waals surface area contributed by atoms with Crippen LogP contribution < -0.4 is 10.1 Å². The van der Waals surface area contributed by atoms with Crippen molar-refractivity contribution in [3.05, 3.63) is 58.6 Å². The number of carbonyl (C=O) groups excluding carboxylic acids is 1. The molecular weight excluding hydrogens is 316 g/mol. The van der Waals surface area contributed by atoms with E-state index >= 15 is 0 Å². The van der Waals surface area contributed by atoms with Gasteiger partial charge in [-0.3, -0.25) is 4.79 Å². The highest BCUT2D eigenvalue weighted by Crippen LogP contribution is 2.27. The van der Waals surface area contributed by atoms with E-state index in [0.717, 1.165) is 0 Å². The molecule has 23 heavy (non-hydrogen) atoms. The number of nitriles is 1. The van der Waals surface area contributed by atoms with Crippen molar-refractivity contribution in [2.75, 3.05) is 12.4 Å². The molecule has 0 saturated carbocycles. The minimum atomic E-state index is -0.554. The zero-order valence-corrected chi connectivity index (χ0v) is 13.0. The third-order valence-electron chi connectivity index (χ3n) is 2.96. The molecule has 0 aliphatic carbocycles. The average Bonchev–Trinajstić information content (AvgIpc) is 2.53. The van der Waals surface area contributed by atoms with E-state index < -0.39 is 5.91 Å². The average molecular weight is 329 g/mol. The predicted molar refractivity (Wildman–Crippen MR) is 88.3 cm³/mol. The van der Waals surface area contributed by atoms with Crippen LogP contribution in [-0.4, -0.2) is 18.1 Å². The van der Waals surface area contributed by atoms with Crippen LogP contribution in [0.25, 0.3) is 6.08 Å². The molecule has 0 aromatic heterocycles. The van der Waals surface area contributed by atoms with Gasteiger partial charge in [0, 0.05) is 10.7 Å². The van der Waals surface area contributed by atoms with Crippen LogP contribution in [0.4, 0.5) is 5.69 Å². The number of nitrogens with zero attached hydrogens (tertiary/aromatic N) is 1. The molecule has 0 fully saturated rings. The van der Waals surface area contributed by atoms with Gasteiger partial charge in [-0.2, -0.15) is 5.26 Å². The van der Waals surface area contributed by atoms with Crippen molar-refractivity contribution in [2.45, 2.75) is 0 Å². The van der Waals surface area contributed by atoms with Crippen LogP contribution in [0.1, 0.15) is 5.56 Å². The molecule has 0 aliphatic rings. The summed E-state index contributed by atoms with van der Waals surface area (Å²) in [5, 5.41) is 21.8. The van der Waals surface area contributed by atoms with Crippen molar-refractivity contribution < 1.29 is 14.6 Å². The first-order valence-corrected chi connectivity index (χ1v) is 6.97. The van der Waals surface area contributed by atoms with Gasteiger partial charge in [0.1, 0.15) is 11.6 Å². The number of aromatic hydroxyl groups is 1. The summed E-state index contributed by atoms with van der Waals surface area (Å²) in [6.07, 6.45) is 1.40. The fourth-order valence-corrected chi connectivity index (χ4v) is 2.05. The topological polar surface area (TPSA) is 82.3 Å². The number of phenolic OH excluding ortho intramolecular Hbond substituents is 1. The minimum absolute atomic E-state index is 0.0217. The smallest absolute Gasteiger partial charge is 0.266 e. The molecule has 0 spiro atoms. The van der Waals surface area contributed by atoms with Crippen molar-refractivity contribution in [1.82, 2.24) is 0 Å². The van der Waals surface area contributed by atoms with Gasteiger partial charge >= 0.3 is 0 Å². The Kier molecular flexibility index (Phi) is 5.23. The quantitative estimate of drug-likeness (QED) is 0.663. The van der Waals surface area contributed by atoms with Crippen LogP contribution in [0.5, 0.6) is 11.5 Å². The number of methoxy groups -OCH3 is 1. The maximum atomic E-state index is 12.2. The summed E-state index contributed by atoms with van der Waals surface area (Å²) in [6.45, 7) is 0. The van der Waals surface area contributed by atoms with Gasteiger partial charge in [0.05, 0.1) is 7.11 Å². The summed E-state index contributed by atoms with van der Waals surface area (Å²) in [6, 6.07) is 13.0. The standard InChI is InChI=1S/C17H13ClN2O3/c1-23-16-8-11(5-6-15(16)21)7-12(10-19)17(22)20-14-4-2-3-13(18)9-14/h2-9,21H,1H3,(H,20,22)/b12-7+. The van der Waals surface area contributed by atoms with Crippen LogP contribution in [0.2, 0.25) is 5.02 Å². The van der Waals surface area contributed by atoms with Crippen LogP contribution in [0, 0.1) is 11.3 Å². The molecule has 0 atom stereocenters. The fourth-order valence-electron chi connectivity index (χ4n) is 1.86. The van der Waals surface area contributed by atoms with Gasteiger partial charge in [-0.15, -0.1) is 0 Å². The van der Waals surface area contributed by atoms with Gasteiger partial charge in [0.2, 0.25) is 0 Å². The first-order valence-electron chi connectivity index (χ1n) is 6.59. The third kappa shape index (κ3) is 4.25. The molecule has 116 valence electrons. The molecular formula is C17H13ClN2O3. The second kappa shape index (κ2) is 7.34. The highest BCUT2D eigenvalue weighted by molar-refractivity contribution is 6.31. The molecule has 0 heterocycles. The number of rotatable bonds is 4. The summed E-state index contributed by atoms with van der Waals surface area (Å²) < 4.78 is 4.99. The molecule has 0 saturated heterocycles. The third-order valence-corrected chi connectivity index (χ3v) is 3.20. The van der Waals surface area contributed by atoms with E-state index in [2.05, 4.69) is 5.32 Å². The van der Waals surface area contributed by atoms with E-state index in [4.69, 9.17) is 16.3 Å². The van der Waals surface area contributed by atoms with Gasteiger partial charge in [-0.05, 0) is 42.0 Å². The second-order valence-electron chi connectivity index (χ2n) is 4.57. The lowest BCUT2D eigenvalue weighted by Gasteiger charge is -2.06. The van der Waals surface area contributed by atoms with E-state index in [1.54, 1.807) is 30.3 Å². The minimum Gasteiger partial charge on any atom is -0.504 e. The van der Waals surface area contributed by atoms with E-state index in [9.17, 15) is 15.2 Å². The molecule has 6 heteroatoms. The zero-order chi connectivity index (χ0) is 16.8. The van der Waals surface area contributed by atoms with E-state index in [-0.39, 0.29) is 17.1 Å². The highest BCUT2D eigenvalue weighted by Gasteiger charge is 2.10. The molecule has 2 N–H and O–H groups in total. The summed E-state index contributed by atoms with van der Waals surface area (Å²) in [5.41, 5.74) is 0.960. The van der Waals surface area contributed by atoms with Crippen LogP contribution >= 0.6 is 11.6 Å². The van der Waals surface area contributed by atoms with Crippen molar-refractivity contribution in [2.24, 2.45) is 0 Å². The highest BCUT2D eigenvalue weighted by atomic mass is 35.5. The number of carbonyl (C=O) groups is 1. The zero-order valence-electron chi connectivity index (χ0n) is 12.2. The molecule has 2 aromatic carbocycles. The Labute approximate surface area is 138 Å². The molecule has 0 aliphatic heterocycles. The van der Waals surface area contributed by atoms with Crippen LogP contribution in [0.15, 0.2) is 48.0 Å².